The number of benzene rings is 1. The Bertz CT molecular complexity index is 1690. The number of aryl methyl sites for hydroxylation is 1. The Morgan fingerprint density at radius 2 is 1.57 bits per heavy atom. The van der Waals surface area contributed by atoms with Crippen molar-refractivity contribution in [1.29, 1.82) is 0 Å². The van der Waals surface area contributed by atoms with Gasteiger partial charge in [0.25, 0.3) is 0 Å². The molecule has 0 radical (unpaired) electrons. The van der Waals surface area contributed by atoms with Crippen molar-refractivity contribution in [2.45, 2.75) is 105 Å². The van der Waals surface area contributed by atoms with Crippen LogP contribution in [0.15, 0.2) is 43.5 Å². The molecule has 53 heavy (non-hydrogen) atoms. The fraction of sp³-hybridized carbons (Fsp3) is 0.613. The van der Waals surface area contributed by atoms with Crippen LogP contribution in [0, 0.1) is 6.92 Å². The number of nitrogens with one attached hydrogen (secondary N) is 1. The van der Waals surface area contributed by atoms with Crippen LogP contribution in [0.4, 0.5) is 5.69 Å². The zero-order chi connectivity index (χ0) is 39.5. The number of fused-ring (bicyclic) bond motifs is 1. The van der Waals surface area contributed by atoms with Gasteiger partial charge >= 0.3 is 5.63 Å². The maximum absolute atomic E-state index is 12.1. The number of likely N-dealkylation sites (N-methyl/N-ethyl adjacent to an activating group) is 1. The number of guanidine groups is 2. The molecule has 3 heterocycles. The largest absolute Gasteiger partial charge is 0.423 e. The van der Waals surface area contributed by atoms with Gasteiger partial charge in [0.2, 0.25) is 0 Å². The van der Waals surface area contributed by atoms with Gasteiger partial charge in [0.1, 0.15) is 66.5 Å². The van der Waals surface area contributed by atoms with Gasteiger partial charge in [-0.3, -0.25) is 4.79 Å². The number of hydrogen-bond donors (Lipinski definition) is 13. The maximum atomic E-state index is 12.1. The molecule has 1 aromatic heterocycles. The number of rotatable bonds is 9. The lowest BCUT2D eigenvalue weighted by Gasteiger charge is -2.45. The number of aliphatic hydroxyl groups excluding tert-OH is 6. The van der Waals surface area contributed by atoms with Crippen LogP contribution in [0.1, 0.15) is 12.5 Å². The van der Waals surface area contributed by atoms with Crippen molar-refractivity contribution in [2.24, 2.45) is 32.9 Å². The SMILES string of the molecule is CN[C@@H]1[C@H](O[C@H]2[C@H](O[C@H]3[C@H](O)[C@@H](O)[C@H](N=C(N)N)[C@@H](O)[C@@H]3N=C(N)N)O[C@@H](C)[C@]2(O)C=O)O[C@@H](CO)[C@H](O)[C@H]1O.Cc1cc(=O)oc2cc(N)ccc12. The number of nitrogens with zero attached hydrogens (tertiary/aromatic N) is 2. The molecule has 3 aliphatic rings. The van der Waals surface area contributed by atoms with Crippen LogP contribution in [0.3, 0.4) is 0 Å². The molecular weight excluding hydrogens is 708 g/mol. The molecule has 2 aromatic rings. The summed E-state index contributed by atoms with van der Waals surface area (Å²) in [7, 11) is 1.42. The second-order valence-electron chi connectivity index (χ2n) is 12.9. The van der Waals surface area contributed by atoms with Crippen LogP contribution in [0.25, 0.3) is 11.0 Å². The smallest absolute Gasteiger partial charge is 0.336 e. The Morgan fingerprint density at radius 3 is 2.15 bits per heavy atom. The Morgan fingerprint density at radius 1 is 0.925 bits per heavy atom. The fourth-order valence-electron chi connectivity index (χ4n) is 6.42. The van der Waals surface area contributed by atoms with Gasteiger partial charge in [-0.25, -0.2) is 14.8 Å². The van der Waals surface area contributed by atoms with E-state index in [1.54, 1.807) is 12.1 Å². The molecule has 1 aromatic carbocycles. The molecule has 22 nitrogen and oxygen atoms in total. The average Bonchev–Trinajstić information content (AvgIpc) is 3.32. The summed E-state index contributed by atoms with van der Waals surface area (Å²) in [5.74, 6) is -1.03. The highest BCUT2D eigenvalue weighted by molar-refractivity contribution is 5.82. The van der Waals surface area contributed by atoms with E-state index in [1.807, 2.05) is 13.0 Å². The number of nitrogen functional groups attached to an aromatic ring is 1. The normalized spacial score (nSPS) is 38.4. The highest BCUT2D eigenvalue weighted by atomic mass is 16.8. The first-order chi connectivity index (χ1) is 24.9. The van der Waals surface area contributed by atoms with Gasteiger partial charge in [-0.1, -0.05) is 0 Å². The van der Waals surface area contributed by atoms with Gasteiger partial charge in [0, 0.05) is 23.2 Å². The van der Waals surface area contributed by atoms with E-state index in [9.17, 15) is 45.3 Å². The van der Waals surface area contributed by atoms with E-state index >= 15 is 0 Å². The molecule has 1 saturated carbocycles. The van der Waals surface area contributed by atoms with Crippen molar-refractivity contribution in [1.82, 2.24) is 5.32 Å². The summed E-state index contributed by atoms with van der Waals surface area (Å²) in [6, 6.07) is 2.68. The summed E-state index contributed by atoms with van der Waals surface area (Å²) in [5.41, 5.74) is 26.7. The Balaban J connectivity index is 0.000000401. The second kappa shape index (κ2) is 17.0. The van der Waals surface area contributed by atoms with Gasteiger partial charge < -0.3 is 93.1 Å². The van der Waals surface area contributed by atoms with Crippen LogP contribution in [0.2, 0.25) is 0 Å². The van der Waals surface area contributed by atoms with E-state index in [-0.39, 0.29) is 11.9 Å². The molecule has 2 saturated heterocycles. The molecule has 18 N–H and O–H groups in total. The van der Waals surface area contributed by atoms with Crippen LogP contribution in [-0.4, -0.2) is 159 Å². The summed E-state index contributed by atoms with van der Waals surface area (Å²) in [6.07, 6.45) is -17.3. The first kappa shape index (κ1) is 41.7. The molecule has 0 bridgehead atoms. The number of nitrogens with two attached hydrogens (primary N) is 5. The lowest BCUT2D eigenvalue weighted by Crippen LogP contribution is -2.66. The molecule has 1 aliphatic carbocycles. The maximum Gasteiger partial charge on any atom is 0.336 e. The van der Waals surface area contributed by atoms with Crippen molar-refractivity contribution in [3.63, 3.8) is 0 Å². The summed E-state index contributed by atoms with van der Waals surface area (Å²) >= 11 is 0. The lowest BCUT2D eigenvalue weighted by atomic mass is 9.81. The topological polar surface area (TPSA) is 393 Å². The highest BCUT2D eigenvalue weighted by Gasteiger charge is 2.60. The summed E-state index contributed by atoms with van der Waals surface area (Å²) in [6.45, 7) is 2.49. The van der Waals surface area contributed by atoms with Gasteiger partial charge in [-0.2, -0.15) is 0 Å². The van der Waals surface area contributed by atoms with E-state index in [2.05, 4.69) is 15.3 Å². The third-order valence-electron chi connectivity index (χ3n) is 9.31. The van der Waals surface area contributed by atoms with Gasteiger partial charge in [0.05, 0.1) is 18.8 Å². The first-order valence-electron chi connectivity index (χ1n) is 16.3. The van der Waals surface area contributed by atoms with E-state index in [1.165, 1.54) is 20.0 Å². The van der Waals surface area contributed by atoms with E-state index in [4.69, 9.17) is 52.0 Å². The Kier molecular flexibility index (Phi) is 13.4. The van der Waals surface area contributed by atoms with Crippen LogP contribution >= 0.6 is 0 Å². The summed E-state index contributed by atoms with van der Waals surface area (Å²) in [4.78, 5) is 30.7. The number of anilines is 1. The molecule has 296 valence electrons. The van der Waals surface area contributed by atoms with Crippen molar-refractivity contribution in [2.75, 3.05) is 19.4 Å². The average molecular weight is 757 g/mol. The third kappa shape index (κ3) is 8.69. The van der Waals surface area contributed by atoms with Gasteiger partial charge in [-0.15, -0.1) is 0 Å². The van der Waals surface area contributed by atoms with E-state index < -0.39 is 110 Å². The lowest BCUT2D eigenvalue weighted by molar-refractivity contribution is -0.314. The Hall–Kier alpha value is -4.04. The van der Waals surface area contributed by atoms with Crippen molar-refractivity contribution in [3.8, 4) is 0 Å². The van der Waals surface area contributed by atoms with Crippen LogP contribution in [0.5, 0.6) is 0 Å². The number of carbonyl (C=O) groups excluding carboxylic acids is 1. The number of aldehydes is 1. The number of hydrogen-bond acceptors (Lipinski definition) is 18. The second-order valence-corrected chi connectivity index (χ2v) is 12.9. The predicted octanol–water partition coefficient (Wildman–Crippen LogP) is -6.48. The minimum Gasteiger partial charge on any atom is -0.423 e. The molecule has 0 unspecified atom stereocenters. The van der Waals surface area contributed by atoms with Crippen molar-refractivity contribution >= 4 is 34.9 Å². The predicted molar refractivity (Wildman–Crippen MR) is 185 cm³/mol. The molecule has 15 atom stereocenters. The molecule has 3 fully saturated rings. The van der Waals surface area contributed by atoms with Crippen molar-refractivity contribution in [3.05, 3.63) is 40.2 Å². The number of carbonyl (C=O) groups is 1. The molecule has 22 heteroatoms. The zero-order valence-electron chi connectivity index (χ0n) is 28.9. The summed E-state index contributed by atoms with van der Waals surface area (Å²) < 4.78 is 27.9. The van der Waals surface area contributed by atoms with Crippen molar-refractivity contribution < 1.29 is 63.9 Å². The van der Waals surface area contributed by atoms with E-state index in [0.717, 1.165) is 10.9 Å². The summed E-state index contributed by atoms with van der Waals surface area (Å²) in [5, 5.41) is 77.6. The zero-order valence-corrected chi connectivity index (χ0v) is 28.9. The minimum absolute atomic E-state index is 0.140. The monoisotopic (exact) mass is 756 g/mol. The highest BCUT2D eigenvalue weighted by Crippen LogP contribution is 2.38. The number of aliphatic imine (C=N–C) groups is 2. The minimum atomic E-state index is -2.38. The molecule has 0 spiro atoms. The molecule has 2 aliphatic heterocycles. The fourth-order valence-corrected chi connectivity index (χ4v) is 6.42. The van der Waals surface area contributed by atoms with Gasteiger partial charge in [-0.05, 0) is 38.6 Å². The van der Waals surface area contributed by atoms with Gasteiger partial charge in [0.15, 0.2) is 36.4 Å². The first-order valence-corrected chi connectivity index (χ1v) is 16.3. The third-order valence-corrected chi connectivity index (χ3v) is 9.31. The van der Waals surface area contributed by atoms with Crippen LogP contribution in [-0.2, 0) is 23.7 Å². The molecule has 0 amide bonds. The molecular formula is C31H48N8O14. The standard InChI is InChI=1S/C21H39N7O12.C10H9NO2/c1-5-21(36,4-30)16(40-17-9(26-2)13(34)10(31)6(3-29)38-17)18(37-5)39-15-8(28-20(24)25)11(32)7(27-19(22)23)12(33)14(15)35;1-6-4-10(12)13-9-5-7(11)2-3-8(6)9/h4-18,26,29,31-36H,3H2,1-2H3,(H4,22,23,27)(H4,24,25,28);2-5H,11H2,1H3/t5-,6-,7+,8-,9-,10-,11+,12-,13-,14+,15+,16-,17-,18-,21+;/m0./s1. The van der Waals surface area contributed by atoms with E-state index in [0.29, 0.717) is 11.3 Å². The quantitative estimate of drug-likeness (QED) is 0.0372. The number of ether oxygens (including phenoxy) is 4. The molecule has 5 rings (SSSR count). The Labute approximate surface area is 301 Å². The number of aliphatic hydroxyl groups is 7. The van der Waals surface area contributed by atoms with Crippen LogP contribution < -0.4 is 39.6 Å².